The van der Waals surface area contributed by atoms with Crippen molar-refractivity contribution in [1.29, 1.82) is 0 Å². The zero-order chi connectivity index (χ0) is 11.6. The molecule has 0 aliphatic carbocycles. The summed E-state index contributed by atoms with van der Waals surface area (Å²) in [6, 6.07) is 0. The lowest BCUT2D eigenvalue weighted by Crippen LogP contribution is -2.45. The zero-order valence-electron chi connectivity index (χ0n) is 10.3. The summed E-state index contributed by atoms with van der Waals surface area (Å²) in [6.45, 7) is 11.5. The van der Waals surface area contributed by atoms with Gasteiger partial charge in [0, 0.05) is 19.6 Å². The molecule has 2 atom stereocenters. The van der Waals surface area contributed by atoms with Crippen LogP contribution in [0.5, 0.6) is 0 Å². The van der Waals surface area contributed by atoms with Crippen LogP contribution >= 0.6 is 0 Å². The van der Waals surface area contributed by atoms with Gasteiger partial charge in [-0.2, -0.15) is 0 Å². The maximum absolute atomic E-state index is 11.0. The average molecular weight is 213 g/mol. The smallest absolute Gasteiger partial charge is 0.307 e. The highest BCUT2D eigenvalue weighted by Crippen LogP contribution is 2.25. The number of hydrogen-bond donors (Lipinski definition) is 1. The van der Waals surface area contributed by atoms with Crippen molar-refractivity contribution in [2.75, 3.05) is 19.6 Å². The number of rotatable bonds is 2. The molecule has 1 rings (SSSR count). The van der Waals surface area contributed by atoms with Gasteiger partial charge >= 0.3 is 5.97 Å². The van der Waals surface area contributed by atoms with E-state index in [4.69, 9.17) is 5.11 Å². The van der Waals surface area contributed by atoms with Crippen molar-refractivity contribution >= 4 is 5.97 Å². The minimum atomic E-state index is -0.638. The number of likely N-dealkylation sites (tertiary alicyclic amines) is 1. The molecule has 0 radical (unpaired) electrons. The van der Waals surface area contributed by atoms with Gasteiger partial charge in [-0.15, -0.1) is 0 Å². The predicted molar refractivity (Wildman–Crippen MR) is 60.8 cm³/mol. The van der Waals surface area contributed by atoms with Gasteiger partial charge in [0.1, 0.15) is 0 Å². The summed E-state index contributed by atoms with van der Waals surface area (Å²) in [5, 5.41) is 9.05. The molecule has 0 aromatic heterocycles. The van der Waals surface area contributed by atoms with Gasteiger partial charge in [-0.3, -0.25) is 4.79 Å². The molecule has 1 aliphatic rings. The minimum Gasteiger partial charge on any atom is -0.481 e. The molecule has 0 amide bonds. The van der Waals surface area contributed by atoms with Crippen LogP contribution in [0.3, 0.4) is 0 Å². The lowest BCUT2D eigenvalue weighted by Gasteiger charge is -2.38. The van der Waals surface area contributed by atoms with Gasteiger partial charge in [0.15, 0.2) is 0 Å². The number of carbonyl (C=O) groups is 1. The number of carboxylic acids is 1. The Hall–Kier alpha value is -0.570. The average Bonchev–Trinajstić information content (AvgIpc) is 1.99. The highest BCUT2D eigenvalue weighted by Gasteiger charge is 2.30. The SMILES string of the molecule is CC1CC(C(=O)O)CN(CC(C)(C)C)C1. The maximum Gasteiger partial charge on any atom is 0.307 e. The fourth-order valence-electron chi connectivity index (χ4n) is 2.44. The molecule has 1 fully saturated rings. The maximum atomic E-state index is 11.0. The van der Waals surface area contributed by atoms with Crippen molar-refractivity contribution in [3.05, 3.63) is 0 Å². The summed E-state index contributed by atoms with van der Waals surface area (Å²) in [5.74, 6) is -0.307. The molecular formula is C12H23NO2. The van der Waals surface area contributed by atoms with E-state index in [0.717, 1.165) is 26.1 Å². The van der Waals surface area contributed by atoms with Crippen molar-refractivity contribution in [3.8, 4) is 0 Å². The summed E-state index contributed by atoms with van der Waals surface area (Å²) >= 11 is 0. The van der Waals surface area contributed by atoms with Crippen LogP contribution in [-0.2, 0) is 4.79 Å². The Bertz CT molecular complexity index is 232. The van der Waals surface area contributed by atoms with E-state index in [1.165, 1.54) is 0 Å². The third-order valence-corrected chi connectivity index (χ3v) is 2.78. The first-order valence-corrected chi connectivity index (χ1v) is 5.73. The Kier molecular flexibility index (Phi) is 3.77. The van der Waals surface area contributed by atoms with Gasteiger partial charge in [0.25, 0.3) is 0 Å². The van der Waals surface area contributed by atoms with Crippen LogP contribution in [0.4, 0.5) is 0 Å². The van der Waals surface area contributed by atoms with E-state index in [0.29, 0.717) is 5.92 Å². The van der Waals surface area contributed by atoms with Gasteiger partial charge in [0.05, 0.1) is 5.92 Å². The van der Waals surface area contributed by atoms with Crippen LogP contribution in [0.1, 0.15) is 34.1 Å². The summed E-state index contributed by atoms with van der Waals surface area (Å²) in [4.78, 5) is 13.3. The number of aliphatic carboxylic acids is 1. The number of nitrogens with zero attached hydrogens (tertiary/aromatic N) is 1. The van der Waals surface area contributed by atoms with Crippen molar-refractivity contribution in [3.63, 3.8) is 0 Å². The lowest BCUT2D eigenvalue weighted by molar-refractivity contribution is -0.144. The van der Waals surface area contributed by atoms with Crippen LogP contribution in [0.2, 0.25) is 0 Å². The highest BCUT2D eigenvalue weighted by atomic mass is 16.4. The van der Waals surface area contributed by atoms with Gasteiger partial charge in [-0.25, -0.2) is 0 Å². The van der Waals surface area contributed by atoms with Gasteiger partial charge < -0.3 is 10.0 Å². The predicted octanol–water partition coefficient (Wildman–Crippen LogP) is 2.08. The Balaban J connectivity index is 2.56. The molecule has 2 unspecified atom stereocenters. The Morgan fingerprint density at radius 2 is 2.00 bits per heavy atom. The monoisotopic (exact) mass is 213 g/mol. The molecule has 1 aliphatic heterocycles. The third kappa shape index (κ3) is 4.20. The van der Waals surface area contributed by atoms with Gasteiger partial charge in [-0.05, 0) is 17.8 Å². The first-order valence-electron chi connectivity index (χ1n) is 5.73. The molecule has 88 valence electrons. The van der Waals surface area contributed by atoms with Crippen LogP contribution in [-0.4, -0.2) is 35.6 Å². The first kappa shape index (κ1) is 12.5. The van der Waals surface area contributed by atoms with E-state index < -0.39 is 5.97 Å². The van der Waals surface area contributed by atoms with Gasteiger partial charge in [0.2, 0.25) is 0 Å². The first-order chi connectivity index (χ1) is 6.78. The number of carboxylic acid groups (broad SMARTS) is 1. The van der Waals surface area contributed by atoms with Crippen molar-refractivity contribution < 1.29 is 9.90 Å². The molecule has 3 nitrogen and oxygen atoms in total. The topological polar surface area (TPSA) is 40.5 Å². The molecule has 0 aromatic carbocycles. The second kappa shape index (κ2) is 4.52. The minimum absolute atomic E-state index is 0.170. The molecule has 0 bridgehead atoms. The van der Waals surface area contributed by atoms with Crippen LogP contribution in [0, 0.1) is 17.3 Å². The summed E-state index contributed by atoms with van der Waals surface area (Å²) in [5.41, 5.74) is 0.250. The van der Waals surface area contributed by atoms with Crippen LogP contribution in [0.25, 0.3) is 0 Å². The molecule has 1 heterocycles. The highest BCUT2D eigenvalue weighted by molar-refractivity contribution is 5.70. The standard InChI is InChI=1S/C12H23NO2/c1-9-5-10(11(14)15)7-13(6-9)8-12(2,3)4/h9-10H,5-8H2,1-4H3,(H,14,15). The second-order valence-electron chi connectivity index (χ2n) is 6.13. The Morgan fingerprint density at radius 1 is 1.40 bits per heavy atom. The quantitative estimate of drug-likeness (QED) is 0.763. The summed E-state index contributed by atoms with van der Waals surface area (Å²) in [7, 11) is 0. The van der Waals surface area contributed by atoms with E-state index in [1.54, 1.807) is 0 Å². The fourth-order valence-corrected chi connectivity index (χ4v) is 2.44. The summed E-state index contributed by atoms with van der Waals surface area (Å²) in [6.07, 6.45) is 0.829. The summed E-state index contributed by atoms with van der Waals surface area (Å²) < 4.78 is 0. The number of piperidine rings is 1. The van der Waals surface area contributed by atoms with Crippen LogP contribution < -0.4 is 0 Å². The third-order valence-electron chi connectivity index (χ3n) is 2.78. The Labute approximate surface area is 92.5 Å². The second-order valence-corrected chi connectivity index (χ2v) is 6.13. The molecule has 0 aromatic rings. The zero-order valence-corrected chi connectivity index (χ0v) is 10.3. The van der Waals surface area contributed by atoms with Gasteiger partial charge in [-0.1, -0.05) is 27.7 Å². The van der Waals surface area contributed by atoms with Crippen molar-refractivity contribution in [1.82, 2.24) is 4.90 Å². The molecule has 1 N–H and O–H groups in total. The molecule has 0 spiro atoms. The molecular weight excluding hydrogens is 190 g/mol. The number of hydrogen-bond acceptors (Lipinski definition) is 2. The van der Waals surface area contributed by atoms with Crippen molar-refractivity contribution in [2.45, 2.75) is 34.1 Å². The van der Waals surface area contributed by atoms with E-state index in [2.05, 4.69) is 32.6 Å². The van der Waals surface area contributed by atoms with E-state index in [9.17, 15) is 4.79 Å². The molecule has 3 heteroatoms. The van der Waals surface area contributed by atoms with E-state index >= 15 is 0 Å². The van der Waals surface area contributed by atoms with E-state index in [1.807, 2.05) is 0 Å². The fraction of sp³-hybridized carbons (Fsp3) is 0.917. The van der Waals surface area contributed by atoms with Crippen LogP contribution in [0.15, 0.2) is 0 Å². The largest absolute Gasteiger partial charge is 0.481 e. The molecule has 15 heavy (non-hydrogen) atoms. The lowest BCUT2D eigenvalue weighted by atomic mass is 9.88. The normalized spacial score (nSPS) is 29.1. The van der Waals surface area contributed by atoms with E-state index in [-0.39, 0.29) is 11.3 Å². The van der Waals surface area contributed by atoms with Crippen molar-refractivity contribution in [2.24, 2.45) is 17.3 Å². The molecule has 1 saturated heterocycles. The Morgan fingerprint density at radius 3 is 2.47 bits per heavy atom. The molecule has 0 saturated carbocycles.